The zero-order valence-electron chi connectivity index (χ0n) is 33.5. The maximum atomic E-state index is 4.41. The van der Waals surface area contributed by atoms with E-state index < -0.39 is 0 Å². The highest BCUT2D eigenvalue weighted by Gasteiger charge is 2.35. The van der Waals surface area contributed by atoms with Gasteiger partial charge in [0.05, 0.1) is 0 Å². The summed E-state index contributed by atoms with van der Waals surface area (Å²) >= 11 is 0. The molecule has 7 rings (SSSR count). The number of aryl methyl sites for hydroxylation is 2. The van der Waals surface area contributed by atoms with E-state index in [1.54, 1.807) is 6.08 Å². The lowest BCUT2D eigenvalue weighted by Gasteiger charge is -2.22. The van der Waals surface area contributed by atoms with Crippen LogP contribution in [0, 0.1) is 12.8 Å². The van der Waals surface area contributed by atoms with Gasteiger partial charge in [0.1, 0.15) is 0 Å². The van der Waals surface area contributed by atoms with Gasteiger partial charge in [0.2, 0.25) is 0 Å². The van der Waals surface area contributed by atoms with Gasteiger partial charge < -0.3 is 0 Å². The van der Waals surface area contributed by atoms with Crippen LogP contribution in [-0.2, 0) is 11.8 Å². The molecule has 0 amide bonds. The van der Waals surface area contributed by atoms with Crippen molar-refractivity contribution < 1.29 is 0 Å². The van der Waals surface area contributed by atoms with Crippen molar-refractivity contribution in [3.05, 3.63) is 197 Å². The fourth-order valence-corrected chi connectivity index (χ4v) is 6.74. The van der Waals surface area contributed by atoms with Crippen LogP contribution >= 0.6 is 0 Å². The zero-order valence-corrected chi connectivity index (χ0v) is 33.5. The molecular weight excluding hydrogens is 637 g/mol. The van der Waals surface area contributed by atoms with Crippen LogP contribution in [-0.4, -0.2) is 0 Å². The maximum absolute atomic E-state index is 4.41. The Balaban J connectivity index is 0.000000328. The molecule has 0 bridgehead atoms. The van der Waals surface area contributed by atoms with Crippen LogP contribution in [0.1, 0.15) is 89.1 Å². The van der Waals surface area contributed by atoms with Crippen molar-refractivity contribution >= 4 is 17.2 Å². The number of allylic oxidation sites excluding steroid dienone is 6. The third-order valence-corrected chi connectivity index (χ3v) is 9.32. The molecule has 0 heterocycles. The summed E-state index contributed by atoms with van der Waals surface area (Å²) in [5.41, 5.74) is 14.4. The highest BCUT2D eigenvalue weighted by molar-refractivity contribution is 5.88. The van der Waals surface area contributed by atoms with Crippen LogP contribution in [0.3, 0.4) is 0 Å². The highest BCUT2D eigenvalue weighted by atomic mass is 14.4. The minimum atomic E-state index is 0.00456. The summed E-state index contributed by atoms with van der Waals surface area (Å²) in [7, 11) is 0. The molecule has 0 nitrogen and oxygen atoms in total. The normalized spacial score (nSPS) is 14.4. The topological polar surface area (TPSA) is 0 Å². The summed E-state index contributed by atoms with van der Waals surface area (Å²) < 4.78 is 0. The summed E-state index contributed by atoms with van der Waals surface area (Å²) in [5, 5.41) is 2.49. The molecule has 53 heavy (non-hydrogen) atoms. The molecule has 272 valence electrons. The fraction of sp³-hybridized carbons (Fsp3) is 0.245. The average molecular weight is 697 g/mol. The maximum Gasteiger partial charge on any atom is 0.0159 e. The number of benzene rings is 5. The van der Waals surface area contributed by atoms with Gasteiger partial charge in [-0.3, -0.25) is 0 Å². The SMILES string of the molecule is C=C(/C=c1/cccc/c1=C1\C=CC=CC1)c1ccc(-c2ccc3c(c2)C(C)(C)c2cc(C)ccc2-3)cc1.C=CC.CC(C)C.CCCc1ccccc1. The van der Waals surface area contributed by atoms with Crippen LogP contribution in [0.4, 0.5) is 0 Å². The molecule has 0 fully saturated rings. The molecule has 0 unspecified atom stereocenters. The van der Waals surface area contributed by atoms with E-state index in [0.29, 0.717) is 0 Å². The summed E-state index contributed by atoms with van der Waals surface area (Å²) in [6.45, 7) is 25.2. The second-order valence-electron chi connectivity index (χ2n) is 15.2. The van der Waals surface area contributed by atoms with E-state index in [1.807, 2.05) is 6.92 Å². The van der Waals surface area contributed by atoms with Gasteiger partial charge in [0.15, 0.2) is 0 Å². The lowest BCUT2D eigenvalue weighted by atomic mass is 9.81. The predicted molar refractivity (Wildman–Crippen MR) is 236 cm³/mol. The van der Waals surface area contributed by atoms with Gasteiger partial charge >= 0.3 is 0 Å². The molecule has 0 spiro atoms. The molecule has 0 aliphatic heterocycles. The molecule has 2 aliphatic rings. The monoisotopic (exact) mass is 696 g/mol. The van der Waals surface area contributed by atoms with Gasteiger partial charge in [-0.2, -0.15) is 0 Å². The van der Waals surface area contributed by atoms with E-state index in [0.717, 1.165) is 23.5 Å². The Bertz CT molecular complexity index is 2150. The summed E-state index contributed by atoms with van der Waals surface area (Å²) in [4.78, 5) is 0. The first-order chi connectivity index (χ1) is 25.5. The molecule has 0 heteroatoms. The quantitative estimate of drug-likeness (QED) is 0.161. The van der Waals surface area contributed by atoms with E-state index >= 15 is 0 Å². The predicted octanol–water partition coefficient (Wildman–Crippen LogP) is 13.6. The summed E-state index contributed by atoms with van der Waals surface area (Å²) in [6, 6.07) is 41.8. The minimum absolute atomic E-state index is 0.00456. The Labute approximate surface area is 321 Å². The molecule has 5 aromatic carbocycles. The fourth-order valence-electron chi connectivity index (χ4n) is 6.74. The van der Waals surface area contributed by atoms with Crippen LogP contribution in [0.2, 0.25) is 0 Å². The average Bonchev–Trinajstić information content (AvgIpc) is 3.38. The molecule has 0 N–H and O–H groups in total. The van der Waals surface area contributed by atoms with E-state index in [2.05, 4.69) is 207 Å². The smallest absolute Gasteiger partial charge is 0.0159 e. The largest absolute Gasteiger partial charge is 0.103 e. The van der Waals surface area contributed by atoms with E-state index in [9.17, 15) is 0 Å². The van der Waals surface area contributed by atoms with E-state index in [-0.39, 0.29) is 5.41 Å². The third-order valence-electron chi connectivity index (χ3n) is 9.32. The van der Waals surface area contributed by atoms with Crippen molar-refractivity contribution in [2.45, 2.75) is 80.1 Å². The lowest BCUT2D eigenvalue weighted by Crippen LogP contribution is -2.26. The van der Waals surface area contributed by atoms with Gasteiger partial charge in [0, 0.05) is 5.41 Å². The van der Waals surface area contributed by atoms with Crippen molar-refractivity contribution in [3.63, 3.8) is 0 Å². The first-order valence-electron chi connectivity index (χ1n) is 19.3. The highest BCUT2D eigenvalue weighted by Crippen LogP contribution is 2.49. The molecule has 0 radical (unpaired) electrons. The Morgan fingerprint density at radius 2 is 1.34 bits per heavy atom. The molecule has 0 saturated heterocycles. The Kier molecular flexibility index (Phi) is 15.0. The van der Waals surface area contributed by atoms with Crippen LogP contribution in [0.5, 0.6) is 0 Å². The van der Waals surface area contributed by atoms with Crippen molar-refractivity contribution in [2.24, 2.45) is 5.92 Å². The van der Waals surface area contributed by atoms with E-state index in [4.69, 9.17) is 0 Å². The second-order valence-corrected chi connectivity index (χ2v) is 15.2. The van der Waals surface area contributed by atoms with Gasteiger partial charge in [-0.15, -0.1) is 6.58 Å². The summed E-state index contributed by atoms with van der Waals surface area (Å²) in [5.74, 6) is 0.833. The Morgan fingerprint density at radius 1 is 0.755 bits per heavy atom. The molecule has 5 aromatic rings. The van der Waals surface area contributed by atoms with Gasteiger partial charge in [-0.25, -0.2) is 0 Å². The van der Waals surface area contributed by atoms with Gasteiger partial charge in [-0.05, 0) is 111 Å². The molecular formula is C53H60. The van der Waals surface area contributed by atoms with Crippen molar-refractivity contribution in [3.8, 4) is 22.3 Å². The zero-order chi connectivity index (χ0) is 38.4. The lowest BCUT2D eigenvalue weighted by molar-refractivity contribution is 0.660. The molecule has 0 aromatic heterocycles. The number of fused-ring (bicyclic) bond motifs is 3. The first-order valence-corrected chi connectivity index (χ1v) is 19.3. The van der Waals surface area contributed by atoms with Crippen molar-refractivity contribution in [1.29, 1.82) is 0 Å². The minimum Gasteiger partial charge on any atom is -0.103 e. The van der Waals surface area contributed by atoms with Crippen LogP contribution < -0.4 is 10.4 Å². The number of rotatable bonds is 5. The Morgan fingerprint density at radius 3 is 1.96 bits per heavy atom. The molecule has 2 aliphatic carbocycles. The number of hydrogen-bond acceptors (Lipinski definition) is 0. The first kappa shape index (κ1) is 40.6. The molecule has 0 atom stereocenters. The van der Waals surface area contributed by atoms with Crippen LogP contribution in [0.25, 0.3) is 39.5 Å². The second kappa shape index (κ2) is 19.6. The van der Waals surface area contributed by atoms with Crippen LogP contribution in [0.15, 0.2) is 159 Å². The van der Waals surface area contributed by atoms with Crippen molar-refractivity contribution in [2.75, 3.05) is 0 Å². The summed E-state index contributed by atoms with van der Waals surface area (Å²) in [6.07, 6.45) is 16.0. The third kappa shape index (κ3) is 10.9. The van der Waals surface area contributed by atoms with Crippen molar-refractivity contribution in [1.82, 2.24) is 0 Å². The Hall–Kier alpha value is -5.20. The van der Waals surface area contributed by atoms with Gasteiger partial charge in [0.25, 0.3) is 0 Å². The standard InChI is InChI=1S/C37H32.C9H12.C4H10.C3H6/c1-25-14-20-33-34-21-19-30(24-36(34)37(3,4)35(33)22-25)28-17-15-27(16-18-28)26(2)23-31-12-8-9-13-32(31)29-10-6-5-7-11-29;1-2-6-9-7-4-3-5-8-9;1-4(2)3;1-3-2/h5-10,12-24H,2,11H2,1,3-4H3;3-5,7-8H,2,6H2,1H3;4H,1-3H3;3H,1H2,2H3/b31-23-,32-29-;;;. The van der Waals surface area contributed by atoms with Gasteiger partial charge in [-0.1, -0.05) is 200 Å². The van der Waals surface area contributed by atoms with E-state index in [1.165, 1.54) is 73.4 Å². The number of hydrogen-bond donors (Lipinski definition) is 0. The molecule has 0 saturated carbocycles.